The number of nitrogens with one attached hydrogen (secondary N) is 2. The number of benzene rings is 1. The second-order valence-corrected chi connectivity index (χ2v) is 6.56. The fraction of sp³-hybridized carbons (Fsp3) is 0.0500. The van der Waals surface area contributed by atoms with Crippen LogP contribution in [-0.2, 0) is 6.54 Å². The third-order valence-corrected chi connectivity index (χ3v) is 4.81. The van der Waals surface area contributed by atoms with Gasteiger partial charge in [0.2, 0.25) is 0 Å². The van der Waals surface area contributed by atoms with Crippen molar-refractivity contribution in [2.75, 3.05) is 5.32 Å². The molecule has 0 saturated carbocycles. The molecule has 0 fully saturated rings. The van der Waals surface area contributed by atoms with Crippen molar-refractivity contribution in [3.63, 3.8) is 0 Å². The maximum Gasteiger partial charge on any atom is 0.130 e. The first-order valence-electron chi connectivity index (χ1n) is 8.26. The molecule has 132 valence electrons. The second kappa shape index (κ2) is 7.81. The predicted molar refractivity (Wildman–Crippen MR) is 106 cm³/mol. The summed E-state index contributed by atoms with van der Waals surface area (Å²) >= 11 is 1.48. The maximum atomic E-state index is 9.69. The first-order valence-corrected chi connectivity index (χ1v) is 9.14. The smallest absolute Gasteiger partial charge is 0.130 e. The Balaban J connectivity index is 1.54. The van der Waals surface area contributed by atoms with Gasteiger partial charge in [-0.25, -0.2) is 9.97 Å². The van der Waals surface area contributed by atoms with Crippen molar-refractivity contribution in [2.24, 2.45) is 0 Å². The van der Waals surface area contributed by atoms with Crippen LogP contribution in [0, 0.1) is 11.3 Å². The number of nitriles is 1. The van der Waals surface area contributed by atoms with Crippen LogP contribution in [0.25, 0.3) is 11.3 Å². The number of allylic oxidation sites excluding steroid dienone is 1. The molecule has 2 aromatic heterocycles. The van der Waals surface area contributed by atoms with E-state index in [4.69, 9.17) is 4.42 Å². The number of thioether (sulfide) groups is 1. The van der Waals surface area contributed by atoms with Crippen LogP contribution < -0.4 is 10.6 Å². The van der Waals surface area contributed by atoms with Crippen LogP contribution >= 0.6 is 11.8 Å². The third-order valence-electron chi connectivity index (χ3n) is 3.91. The number of anilines is 1. The molecule has 0 spiro atoms. The number of nitrogens with zero attached hydrogens (tertiary/aromatic N) is 3. The Hall–Kier alpha value is -3.50. The largest absolute Gasteiger partial charge is 0.467 e. The fourth-order valence-electron chi connectivity index (χ4n) is 2.58. The number of hydrogen-bond acceptors (Lipinski definition) is 7. The van der Waals surface area contributed by atoms with Crippen LogP contribution in [0.1, 0.15) is 17.0 Å². The lowest BCUT2D eigenvalue weighted by molar-refractivity contribution is 0.518. The number of rotatable bonds is 5. The number of furan rings is 1. The van der Waals surface area contributed by atoms with Crippen LogP contribution in [0.4, 0.5) is 5.82 Å². The van der Waals surface area contributed by atoms with Crippen molar-refractivity contribution in [2.45, 2.75) is 6.54 Å². The lowest BCUT2D eigenvalue weighted by Gasteiger charge is -2.08. The zero-order valence-corrected chi connectivity index (χ0v) is 15.0. The van der Waals surface area contributed by atoms with Gasteiger partial charge in [-0.2, -0.15) is 5.26 Å². The highest BCUT2D eigenvalue weighted by Gasteiger charge is 2.18. The van der Waals surface area contributed by atoms with Gasteiger partial charge in [0, 0.05) is 11.5 Å². The highest BCUT2D eigenvalue weighted by molar-refractivity contribution is 8.06. The van der Waals surface area contributed by atoms with E-state index in [-0.39, 0.29) is 0 Å². The summed E-state index contributed by atoms with van der Waals surface area (Å²) in [5, 5.41) is 18.9. The van der Waals surface area contributed by atoms with Crippen molar-refractivity contribution >= 4 is 28.8 Å². The third kappa shape index (κ3) is 3.86. The van der Waals surface area contributed by atoms with E-state index >= 15 is 0 Å². The molecule has 1 aliphatic heterocycles. The van der Waals surface area contributed by atoms with Crippen molar-refractivity contribution in [3.8, 4) is 6.07 Å². The molecular formula is C20H15N5OS. The summed E-state index contributed by atoms with van der Waals surface area (Å²) in [6.45, 7) is 0.509. The fourth-order valence-corrected chi connectivity index (χ4v) is 3.45. The Morgan fingerprint density at radius 2 is 2.07 bits per heavy atom. The lowest BCUT2D eigenvalue weighted by Crippen LogP contribution is -2.07. The van der Waals surface area contributed by atoms with Crippen LogP contribution in [0.3, 0.4) is 0 Å². The van der Waals surface area contributed by atoms with Gasteiger partial charge in [-0.3, -0.25) is 0 Å². The Labute approximate surface area is 160 Å². The summed E-state index contributed by atoms with van der Waals surface area (Å²) in [6.07, 6.45) is 3.07. The second-order valence-electron chi connectivity index (χ2n) is 5.68. The molecule has 7 heteroatoms. The Kier molecular flexibility index (Phi) is 4.90. The Bertz CT molecular complexity index is 1040. The van der Waals surface area contributed by atoms with Crippen LogP contribution in [0.15, 0.2) is 76.0 Å². The number of aromatic nitrogens is 2. The highest BCUT2D eigenvalue weighted by Crippen LogP contribution is 2.34. The minimum absolute atomic E-state index is 0.477. The van der Waals surface area contributed by atoms with Crippen molar-refractivity contribution in [1.82, 2.24) is 15.3 Å². The van der Waals surface area contributed by atoms with E-state index in [1.807, 2.05) is 47.9 Å². The molecule has 27 heavy (non-hydrogen) atoms. The van der Waals surface area contributed by atoms with Gasteiger partial charge in [0.1, 0.15) is 29.5 Å². The average Bonchev–Trinajstić information content (AvgIpc) is 3.41. The van der Waals surface area contributed by atoms with Crippen LogP contribution in [0.2, 0.25) is 0 Å². The molecule has 2 N–H and O–H groups in total. The average molecular weight is 373 g/mol. The zero-order valence-electron chi connectivity index (χ0n) is 14.2. The summed E-state index contributed by atoms with van der Waals surface area (Å²) in [5.74, 6) is 1.43. The SMILES string of the molecule is N#C/C(=C1\NC(c2ccccc2)=CS1)c1cc(NCc2ccco2)ncn1. The first kappa shape index (κ1) is 16.9. The quantitative estimate of drug-likeness (QED) is 0.648. The molecule has 0 amide bonds. The molecule has 0 aliphatic carbocycles. The molecule has 0 radical (unpaired) electrons. The van der Waals surface area contributed by atoms with Gasteiger partial charge in [0.05, 0.1) is 29.2 Å². The molecule has 3 aromatic rings. The van der Waals surface area contributed by atoms with Crippen molar-refractivity contribution in [1.29, 1.82) is 5.26 Å². The van der Waals surface area contributed by atoms with Gasteiger partial charge < -0.3 is 15.1 Å². The van der Waals surface area contributed by atoms with E-state index in [0.717, 1.165) is 22.0 Å². The summed E-state index contributed by atoms with van der Waals surface area (Å²) in [4.78, 5) is 8.48. The molecule has 0 atom stereocenters. The van der Waals surface area contributed by atoms with Crippen LogP contribution in [-0.4, -0.2) is 9.97 Å². The molecule has 3 heterocycles. The highest BCUT2D eigenvalue weighted by atomic mass is 32.2. The van der Waals surface area contributed by atoms with Crippen molar-refractivity contribution in [3.05, 3.63) is 88.6 Å². The Morgan fingerprint density at radius 1 is 1.19 bits per heavy atom. The zero-order chi connectivity index (χ0) is 18.5. The molecule has 6 nitrogen and oxygen atoms in total. The van der Waals surface area contributed by atoms with Gasteiger partial charge in [0.25, 0.3) is 0 Å². The lowest BCUT2D eigenvalue weighted by atomic mass is 10.1. The monoisotopic (exact) mass is 373 g/mol. The van der Waals surface area contributed by atoms with Gasteiger partial charge in [-0.15, -0.1) is 0 Å². The first-order chi connectivity index (χ1) is 13.3. The molecule has 1 aliphatic rings. The summed E-state index contributed by atoms with van der Waals surface area (Å²) < 4.78 is 5.30. The summed E-state index contributed by atoms with van der Waals surface area (Å²) in [7, 11) is 0. The minimum Gasteiger partial charge on any atom is -0.467 e. The normalized spacial score (nSPS) is 14.9. The summed E-state index contributed by atoms with van der Waals surface area (Å²) in [5.41, 5.74) is 3.08. The van der Waals surface area contributed by atoms with Gasteiger partial charge in [-0.1, -0.05) is 42.1 Å². The standard InChI is InChI=1S/C20H15N5OS/c21-10-16(20-25-18(12-27-20)14-5-2-1-3-6-14)17-9-19(24-13-23-17)22-11-15-7-4-8-26-15/h1-9,12-13,25H,11H2,(H,22,23,24)/b20-16-. The van der Waals surface area contributed by atoms with E-state index < -0.39 is 0 Å². The van der Waals surface area contributed by atoms with Gasteiger partial charge in [0.15, 0.2) is 0 Å². The summed E-state index contributed by atoms with van der Waals surface area (Å²) in [6, 6.07) is 17.7. The van der Waals surface area contributed by atoms with E-state index in [2.05, 4.69) is 26.7 Å². The maximum absolute atomic E-state index is 9.69. The molecule has 1 aromatic carbocycles. The molecule has 4 rings (SSSR count). The number of hydrogen-bond donors (Lipinski definition) is 2. The van der Waals surface area contributed by atoms with Crippen molar-refractivity contribution < 1.29 is 4.42 Å². The molecule has 0 unspecified atom stereocenters. The van der Waals surface area contributed by atoms with E-state index in [1.165, 1.54) is 18.1 Å². The molecule has 0 bridgehead atoms. The minimum atomic E-state index is 0.477. The van der Waals surface area contributed by atoms with Gasteiger partial charge >= 0.3 is 0 Å². The van der Waals surface area contributed by atoms with E-state index in [0.29, 0.717) is 23.6 Å². The van der Waals surface area contributed by atoms with E-state index in [1.54, 1.807) is 12.3 Å². The molecule has 0 saturated heterocycles. The van der Waals surface area contributed by atoms with E-state index in [9.17, 15) is 5.26 Å². The Morgan fingerprint density at radius 3 is 2.85 bits per heavy atom. The van der Waals surface area contributed by atoms with Gasteiger partial charge in [-0.05, 0) is 17.7 Å². The predicted octanol–water partition coefficient (Wildman–Crippen LogP) is 4.21. The van der Waals surface area contributed by atoms with Crippen LogP contribution in [0.5, 0.6) is 0 Å². The topological polar surface area (TPSA) is 86.8 Å². The molecular weight excluding hydrogens is 358 g/mol.